The van der Waals surface area contributed by atoms with Crippen LogP contribution in [0.2, 0.25) is 0 Å². The lowest BCUT2D eigenvalue weighted by molar-refractivity contribution is -0.122. The number of nitrogens with zero attached hydrogens (tertiary/aromatic N) is 2. The third kappa shape index (κ3) is 3.46. The minimum absolute atomic E-state index is 0.0587. The van der Waals surface area contributed by atoms with Crippen LogP contribution in [0, 0.1) is 11.8 Å². The molecule has 2 aliphatic rings. The number of aromatic nitrogens is 1. The number of carbonyl (C=O) groups is 3. The average Bonchev–Trinajstić information content (AvgIpc) is 3.30. The maximum Gasteiger partial charge on any atom is 0.237 e. The Balaban J connectivity index is 1.35. The Morgan fingerprint density at radius 3 is 2.43 bits per heavy atom. The molecule has 0 spiro atoms. The summed E-state index contributed by atoms with van der Waals surface area (Å²) in [4.78, 5) is 44.0. The number of hydrogen-bond acceptors (Lipinski definition) is 6. The van der Waals surface area contributed by atoms with Gasteiger partial charge in [0.2, 0.25) is 11.8 Å². The van der Waals surface area contributed by atoms with Gasteiger partial charge < -0.3 is 0 Å². The quantitative estimate of drug-likeness (QED) is 0.322. The second kappa shape index (κ2) is 7.96. The van der Waals surface area contributed by atoms with E-state index in [1.165, 1.54) is 28.0 Å². The summed E-state index contributed by atoms with van der Waals surface area (Å²) in [6.45, 7) is 0. The van der Waals surface area contributed by atoms with Gasteiger partial charge in [0.25, 0.3) is 0 Å². The third-order valence-corrected chi connectivity index (χ3v) is 8.04. The second-order valence-corrected chi connectivity index (χ2v) is 9.97. The minimum atomic E-state index is -0.154. The van der Waals surface area contributed by atoms with Crippen molar-refractivity contribution < 1.29 is 14.4 Å². The number of amides is 2. The number of hydrogen-bond donors (Lipinski definition) is 0. The van der Waals surface area contributed by atoms with Crippen LogP contribution < -0.4 is 4.90 Å². The smallest absolute Gasteiger partial charge is 0.237 e. The minimum Gasteiger partial charge on any atom is -0.293 e. The van der Waals surface area contributed by atoms with E-state index in [0.717, 1.165) is 40.2 Å². The Bertz CT molecular complexity index is 1120. The van der Waals surface area contributed by atoms with E-state index < -0.39 is 0 Å². The van der Waals surface area contributed by atoms with Crippen molar-refractivity contribution in [2.45, 2.75) is 30.0 Å². The number of Topliss-reactive ketones (excluding diaryl/α,β-unsaturated/α-hetero) is 1. The number of benzene rings is 2. The van der Waals surface area contributed by atoms with Gasteiger partial charge in [-0.3, -0.25) is 19.3 Å². The number of fused-ring (bicyclic) bond motifs is 2. The highest BCUT2D eigenvalue weighted by Crippen LogP contribution is 2.41. The van der Waals surface area contributed by atoms with Crippen LogP contribution in [0.1, 0.15) is 36.0 Å². The van der Waals surface area contributed by atoms with Crippen LogP contribution in [0.4, 0.5) is 5.69 Å². The molecule has 0 N–H and O–H groups in total. The van der Waals surface area contributed by atoms with Gasteiger partial charge >= 0.3 is 0 Å². The molecule has 2 fully saturated rings. The van der Waals surface area contributed by atoms with Crippen molar-refractivity contribution in [3.05, 3.63) is 54.1 Å². The highest BCUT2D eigenvalue weighted by atomic mass is 32.2. The standard InChI is InChI=1S/C23H20N2O3S2/c26-19(14-6-2-1-3-7-14)13-29-23-24-18-11-10-15(12-20(18)30-23)25-21(27)16-8-4-5-9-17(16)22(25)28/h1-3,6-7,10-12,16-17H,4-5,8-9,13H2/t16-,17-/m1/s1. The molecule has 1 aliphatic carbocycles. The zero-order valence-corrected chi connectivity index (χ0v) is 17.9. The van der Waals surface area contributed by atoms with Crippen LogP contribution >= 0.6 is 23.1 Å². The molecule has 1 saturated heterocycles. The summed E-state index contributed by atoms with van der Waals surface area (Å²) in [6.07, 6.45) is 3.66. The largest absolute Gasteiger partial charge is 0.293 e. The van der Waals surface area contributed by atoms with Gasteiger partial charge in [-0.05, 0) is 31.0 Å². The van der Waals surface area contributed by atoms with Gasteiger partial charge in [-0.25, -0.2) is 4.98 Å². The fourth-order valence-corrected chi connectivity index (χ4v) is 6.34. The molecule has 30 heavy (non-hydrogen) atoms. The van der Waals surface area contributed by atoms with Crippen molar-refractivity contribution >= 4 is 56.6 Å². The molecule has 0 radical (unpaired) electrons. The summed E-state index contributed by atoms with van der Waals surface area (Å²) in [5.41, 5.74) is 2.14. The molecule has 2 atom stereocenters. The Hall–Kier alpha value is -2.51. The fourth-order valence-electron chi connectivity index (χ4n) is 4.34. The van der Waals surface area contributed by atoms with E-state index in [1.807, 2.05) is 42.5 Å². The molecule has 2 amide bonds. The first-order valence-corrected chi connectivity index (χ1v) is 11.9. The van der Waals surface area contributed by atoms with E-state index in [-0.39, 0.29) is 29.4 Å². The summed E-state index contributed by atoms with van der Waals surface area (Å²) in [6, 6.07) is 14.8. The van der Waals surface area contributed by atoms with E-state index in [4.69, 9.17) is 0 Å². The van der Waals surface area contributed by atoms with Crippen LogP contribution in [-0.4, -0.2) is 28.3 Å². The normalized spacial score (nSPS) is 21.3. The van der Waals surface area contributed by atoms with Gasteiger partial charge in [-0.2, -0.15) is 0 Å². The Labute approximate surface area is 182 Å². The average molecular weight is 437 g/mol. The second-order valence-electron chi connectivity index (χ2n) is 7.72. The molecule has 0 bridgehead atoms. The number of ketones is 1. The van der Waals surface area contributed by atoms with Crippen LogP contribution in [0.25, 0.3) is 10.2 Å². The molecule has 1 saturated carbocycles. The summed E-state index contributed by atoms with van der Waals surface area (Å²) in [5, 5.41) is 0. The zero-order chi connectivity index (χ0) is 20.7. The number of anilines is 1. The van der Waals surface area contributed by atoms with Crippen molar-refractivity contribution in [1.29, 1.82) is 0 Å². The van der Waals surface area contributed by atoms with Gasteiger partial charge in [0, 0.05) is 5.56 Å². The predicted molar refractivity (Wildman–Crippen MR) is 119 cm³/mol. The maximum absolute atomic E-state index is 12.9. The predicted octanol–water partition coefficient (Wildman–Crippen LogP) is 4.95. The topological polar surface area (TPSA) is 67.3 Å². The van der Waals surface area contributed by atoms with Gasteiger partial charge in [-0.1, -0.05) is 54.9 Å². The van der Waals surface area contributed by atoms with Crippen LogP contribution in [0.15, 0.2) is 52.9 Å². The van der Waals surface area contributed by atoms with Crippen molar-refractivity contribution in [3.63, 3.8) is 0 Å². The number of rotatable bonds is 5. The molecule has 7 heteroatoms. The molecule has 5 nitrogen and oxygen atoms in total. The van der Waals surface area contributed by atoms with Gasteiger partial charge in [-0.15, -0.1) is 11.3 Å². The first-order valence-electron chi connectivity index (χ1n) is 10.1. The molecule has 1 aliphatic heterocycles. The van der Waals surface area contributed by atoms with Gasteiger partial charge in [0.1, 0.15) is 0 Å². The summed E-state index contributed by atoms with van der Waals surface area (Å²) >= 11 is 2.90. The Morgan fingerprint density at radius 2 is 1.73 bits per heavy atom. The first kappa shape index (κ1) is 19.5. The molecule has 2 heterocycles. The SMILES string of the molecule is O=C(CSc1nc2ccc(N3C(=O)[C@@H]4CCCC[C@H]4C3=O)cc2s1)c1ccccc1. The lowest BCUT2D eigenvalue weighted by Crippen LogP contribution is -2.30. The van der Waals surface area contributed by atoms with Crippen molar-refractivity contribution in [2.24, 2.45) is 11.8 Å². The monoisotopic (exact) mass is 436 g/mol. The van der Waals surface area contributed by atoms with E-state index in [0.29, 0.717) is 17.0 Å². The number of imide groups is 1. The van der Waals surface area contributed by atoms with E-state index in [2.05, 4.69) is 4.98 Å². The number of thioether (sulfide) groups is 1. The fraction of sp³-hybridized carbons (Fsp3) is 0.304. The van der Waals surface area contributed by atoms with Gasteiger partial charge in [0.15, 0.2) is 10.1 Å². The molecular formula is C23H20N2O3S2. The highest BCUT2D eigenvalue weighted by molar-refractivity contribution is 8.01. The van der Waals surface area contributed by atoms with Crippen molar-refractivity contribution in [3.8, 4) is 0 Å². The number of thiazole rings is 1. The van der Waals surface area contributed by atoms with Crippen molar-refractivity contribution in [2.75, 3.05) is 10.7 Å². The lowest BCUT2D eigenvalue weighted by atomic mass is 9.81. The molecule has 5 rings (SSSR count). The summed E-state index contributed by atoms with van der Waals surface area (Å²) in [5.74, 6) is -0.0370. The van der Waals surface area contributed by atoms with Crippen molar-refractivity contribution in [1.82, 2.24) is 4.98 Å². The molecule has 2 aromatic carbocycles. The third-order valence-electron chi connectivity index (χ3n) is 5.87. The Morgan fingerprint density at radius 1 is 1.03 bits per heavy atom. The van der Waals surface area contributed by atoms with Crippen LogP contribution in [0.5, 0.6) is 0 Å². The highest BCUT2D eigenvalue weighted by Gasteiger charge is 2.48. The lowest BCUT2D eigenvalue weighted by Gasteiger charge is -2.19. The molecule has 152 valence electrons. The Kier molecular flexibility index (Phi) is 5.16. The van der Waals surface area contributed by atoms with E-state index in [9.17, 15) is 14.4 Å². The van der Waals surface area contributed by atoms with E-state index in [1.54, 1.807) is 6.07 Å². The maximum atomic E-state index is 12.9. The molecular weight excluding hydrogens is 416 g/mol. The van der Waals surface area contributed by atoms with Crippen LogP contribution in [-0.2, 0) is 9.59 Å². The first-order chi connectivity index (χ1) is 14.6. The molecule has 0 unspecified atom stereocenters. The zero-order valence-electron chi connectivity index (χ0n) is 16.2. The van der Waals surface area contributed by atoms with Gasteiger partial charge in [0.05, 0.1) is 33.5 Å². The molecule has 3 aromatic rings. The van der Waals surface area contributed by atoms with E-state index >= 15 is 0 Å². The summed E-state index contributed by atoms with van der Waals surface area (Å²) < 4.78 is 1.72. The summed E-state index contributed by atoms with van der Waals surface area (Å²) in [7, 11) is 0. The number of carbonyl (C=O) groups excluding carboxylic acids is 3. The van der Waals surface area contributed by atoms with Crippen LogP contribution in [0.3, 0.4) is 0 Å². The molecule has 1 aromatic heterocycles.